The van der Waals surface area contributed by atoms with Crippen LogP contribution < -0.4 is 0 Å². The highest BCUT2D eigenvalue weighted by atomic mass is 31.1. The van der Waals surface area contributed by atoms with Crippen LogP contribution in [0.1, 0.15) is 38.2 Å². The number of ketones is 1. The van der Waals surface area contributed by atoms with Crippen molar-refractivity contribution in [2.45, 2.75) is 29.6 Å². The molecule has 14 heteroatoms. The second kappa shape index (κ2) is 13.1. The van der Waals surface area contributed by atoms with Gasteiger partial charge in [0.1, 0.15) is 22.8 Å². The SMILES string of the molecule is O=C(c1ccccc1)C(Cc1ccc(C(F)(F)[P+](=O)O)c(F)c1)(Cc1ccc(C(F)(F)[P+](=O)OO)c(F)c1)c1ccccc1. The van der Waals surface area contributed by atoms with Gasteiger partial charge in [0.2, 0.25) is 0 Å². The predicted molar refractivity (Wildman–Crippen MR) is 148 cm³/mol. The topological polar surface area (TPSA) is 101 Å². The van der Waals surface area contributed by atoms with Gasteiger partial charge in [0.25, 0.3) is 0 Å². The van der Waals surface area contributed by atoms with E-state index < -0.39 is 61.3 Å². The molecule has 0 bridgehead atoms. The second-order valence-corrected chi connectivity index (χ2v) is 12.2. The van der Waals surface area contributed by atoms with Gasteiger partial charge in [0.05, 0.1) is 5.41 Å². The minimum Gasteiger partial charge on any atom is -0.293 e. The Morgan fingerprint density at radius 1 is 0.705 bits per heavy atom. The van der Waals surface area contributed by atoms with Crippen LogP contribution in [-0.2, 0) is 43.4 Å². The Hall–Kier alpha value is -3.79. The molecular weight excluding hydrogens is 632 g/mol. The van der Waals surface area contributed by atoms with Crippen molar-refractivity contribution in [1.29, 1.82) is 0 Å². The summed E-state index contributed by atoms with van der Waals surface area (Å²) in [5.41, 5.74) is -12.6. The molecule has 4 aromatic rings. The van der Waals surface area contributed by atoms with Crippen LogP contribution in [0.2, 0.25) is 0 Å². The Balaban J connectivity index is 1.90. The molecule has 0 heterocycles. The third-order valence-corrected chi connectivity index (χ3v) is 8.64. The average Bonchev–Trinajstić information content (AvgIpc) is 3.00. The largest absolute Gasteiger partial charge is 0.622 e. The third kappa shape index (κ3) is 6.50. The first kappa shape index (κ1) is 33.1. The molecule has 0 fully saturated rings. The fourth-order valence-corrected chi connectivity index (χ4v) is 5.82. The van der Waals surface area contributed by atoms with Gasteiger partial charge >= 0.3 is 27.4 Å². The van der Waals surface area contributed by atoms with E-state index in [4.69, 9.17) is 10.2 Å². The minimum atomic E-state index is -4.40. The summed E-state index contributed by atoms with van der Waals surface area (Å²) in [6.45, 7) is 0. The quantitative estimate of drug-likeness (QED) is 0.0522. The molecule has 0 amide bonds. The van der Waals surface area contributed by atoms with Crippen LogP contribution in [0.4, 0.5) is 26.3 Å². The molecule has 3 unspecified atom stereocenters. The number of hydrogen-bond donors (Lipinski definition) is 2. The summed E-state index contributed by atoms with van der Waals surface area (Å²) in [4.78, 5) is 23.3. The predicted octanol–water partition coefficient (Wildman–Crippen LogP) is 8.64. The molecule has 0 spiro atoms. The van der Waals surface area contributed by atoms with Crippen molar-refractivity contribution in [3.63, 3.8) is 0 Å². The van der Waals surface area contributed by atoms with Gasteiger partial charge in [-0.1, -0.05) is 72.8 Å². The van der Waals surface area contributed by atoms with E-state index in [0.717, 1.165) is 12.1 Å². The monoisotopic (exact) mass is 654 g/mol. The van der Waals surface area contributed by atoms with Crippen LogP contribution >= 0.6 is 16.1 Å². The van der Waals surface area contributed by atoms with Crippen LogP contribution in [-0.4, -0.2) is 15.9 Å². The Bertz CT molecular complexity index is 1710. The highest BCUT2D eigenvalue weighted by Crippen LogP contribution is 2.51. The highest BCUT2D eigenvalue weighted by Gasteiger charge is 2.58. The molecule has 3 atom stereocenters. The van der Waals surface area contributed by atoms with E-state index in [-0.39, 0.29) is 29.5 Å². The third-order valence-electron chi connectivity index (χ3n) is 7.07. The lowest BCUT2D eigenvalue weighted by molar-refractivity contribution is -0.142. The normalized spacial score (nSPS) is 14.1. The number of rotatable bonds is 12. The molecule has 2 N–H and O–H groups in total. The zero-order valence-corrected chi connectivity index (χ0v) is 24.1. The minimum absolute atomic E-state index is 0.0104. The standard InChI is InChI=1S/C30H20F6O6P2/c31-25-15-19(11-13-23(25)29(33,34)43(39)40)17-28(22-9-5-2-6-10-22,27(37)21-7-3-1-4-8-21)18-20-12-14-24(26(32)16-20)30(35,36)44(41)42-38/h1-16H,17-18H2/p+2. The van der Waals surface area contributed by atoms with Crippen molar-refractivity contribution in [3.8, 4) is 0 Å². The molecule has 4 aromatic carbocycles. The van der Waals surface area contributed by atoms with E-state index in [2.05, 4.69) is 4.67 Å². The summed E-state index contributed by atoms with van der Waals surface area (Å²) >= 11 is 0. The van der Waals surface area contributed by atoms with Gasteiger partial charge in [0.15, 0.2) is 5.78 Å². The lowest BCUT2D eigenvalue weighted by Crippen LogP contribution is -2.41. The van der Waals surface area contributed by atoms with Crippen molar-refractivity contribution in [2.24, 2.45) is 0 Å². The fraction of sp³-hybridized carbons (Fsp3) is 0.167. The first-order valence-electron chi connectivity index (χ1n) is 12.7. The molecule has 0 aliphatic carbocycles. The van der Waals surface area contributed by atoms with Gasteiger partial charge in [-0.3, -0.25) is 4.79 Å². The van der Waals surface area contributed by atoms with Crippen molar-refractivity contribution in [1.82, 2.24) is 0 Å². The molecule has 4 rings (SSSR count). The fourth-order valence-electron chi connectivity index (χ4n) is 4.96. The molecule has 228 valence electrons. The molecule has 44 heavy (non-hydrogen) atoms. The van der Waals surface area contributed by atoms with Crippen LogP contribution in [0.3, 0.4) is 0 Å². The number of benzene rings is 4. The molecule has 0 aliphatic rings. The lowest BCUT2D eigenvalue weighted by Gasteiger charge is -2.34. The van der Waals surface area contributed by atoms with E-state index in [1.165, 1.54) is 12.1 Å². The van der Waals surface area contributed by atoms with E-state index in [9.17, 15) is 35.9 Å². The highest BCUT2D eigenvalue weighted by molar-refractivity contribution is 7.40. The molecule has 0 saturated heterocycles. The Labute approximate surface area is 248 Å². The first-order chi connectivity index (χ1) is 20.7. The van der Waals surface area contributed by atoms with Crippen LogP contribution in [0.25, 0.3) is 0 Å². The van der Waals surface area contributed by atoms with Gasteiger partial charge in [-0.25, -0.2) is 14.0 Å². The van der Waals surface area contributed by atoms with E-state index in [1.807, 2.05) is 0 Å². The Kier molecular flexibility index (Phi) is 9.83. The van der Waals surface area contributed by atoms with Crippen LogP contribution in [0.5, 0.6) is 0 Å². The zero-order chi connectivity index (χ0) is 32.3. The van der Waals surface area contributed by atoms with Gasteiger partial charge in [-0.15, -0.1) is 17.6 Å². The molecule has 0 saturated carbocycles. The van der Waals surface area contributed by atoms with Gasteiger partial charge < -0.3 is 0 Å². The summed E-state index contributed by atoms with van der Waals surface area (Å²) in [6.07, 6.45) is -0.722. The summed E-state index contributed by atoms with van der Waals surface area (Å²) in [5.74, 6) is -3.57. The molecule has 0 aliphatic heterocycles. The smallest absolute Gasteiger partial charge is 0.293 e. The maximum Gasteiger partial charge on any atom is 0.622 e. The van der Waals surface area contributed by atoms with Gasteiger partial charge in [-0.2, -0.15) is 4.89 Å². The number of hydrogen-bond acceptors (Lipinski definition) is 5. The summed E-state index contributed by atoms with van der Waals surface area (Å²) < 4.78 is 113. The Morgan fingerprint density at radius 2 is 1.16 bits per heavy atom. The summed E-state index contributed by atoms with van der Waals surface area (Å²) in [6, 6.07) is 20.6. The van der Waals surface area contributed by atoms with Crippen LogP contribution in [0.15, 0.2) is 97.1 Å². The first-order valence-corrected chi connectivity index (χ1v) is 15.1. The summed E-state index contributed by atoms with van der Waals surface area (Å²) in [5, 5.41) is 8.45. The van der Waals surface area contributed by atoms with Crippen molar-refractivity contribution in [2.75, 3.05) is 0 Å². The number of carbonyl (C=O) groups is 1. The maximum absolute atomic E-state index is 15.0. The molecule has 0 aromatic heterocycles. The zero-order valence-electron chi connectivity index (χ0n) is 22.3. The Morgan fingerprint density at radius 3 is 1.59 bits per heavy atom. The number of alkyl halides is 4. The maximum atomic E-state index is 15.0. The van der Waals surface area contributed by atoms with Crippen molar-refractivity contribution < 1.29 is 55.1 Å². The molecule has 0 radical (unpaired) electrons. The number of carbonyl (C=O) groups excluding carboxylic acids is 1. The van der Waals surface area contributed by atoms with Gasteiger partial charge in [-0.05, 0) is 62.9 Å². The number of Topliss-reactive ketones (excluding diaryl/α,β-unsaturated/α-hetero) is 1. The van der Waals surface area contributed by atoms with Gasteiger partial charge in [0, 0.05) is 10.2 Å². The number of halogens is 6. The van der Waals surface area contributed by atoms with E-state index in [1.54, 1.807) is 48.5 Å². The molecular formula is C30H22F6O6P2+2. The van der Waals surface area contributed by atoms with Crippen molar-refractivity contribution in [3.05, 3.63) is 142 Å². The average molecular weight is 654 g/mol. The summed E-state index contributed by atoms with van der Waals surface area (Å²) in [7, 11) is -8.13. The second-order valence-electron chi connectivity index (χ2n) is 9.82. The van der Waals surface area contributed by atoms with Crippen molar-refractivity contribution >= 4 is 21.8 Å². The van der Waals surface area contributed by atoms with Crippen LogP contribution in [0, 0.1) is 11.6 Å². The van der Waals surface area contributed by atoms with E-state index in [0.29, 0.717) is 29.8 Å². The van der Waals surface area contributed by atoms with E-state index >= 15 is 4.39 Å². The molecule has 6 nitrogen and oxygen atoms in total. The lowest BCUT2D eigenvalue weighted by atomic mass is 9.67.